The summed E-state index contributed by atoms with van der Waals surface area (Å²) in [6.07, 6.45) is 1.46. The van der Waals surface area contributed by atoms with Crippen molar-refractivity contribution in [2.24, 2.45) is 5.10 Å². The number of urea groups is 1. The second kappa shape index (κ2) is 5.64. The van der Waals surface area contributed by atoms with Crippen LogP contribution in [0.3, 0.4) is 0 Å². The summed E-state index contributed by atoms with van der Waals surface area (Å²) in [7, 11) is 0. The normalized spacial score (nSPS) is 14.6. The number of carbonyl (C=O) groups excluding carboxylic acids is 2. The highest BCUT2D eigenvalue weighted by Crippen LogP contribution is 2.11. The highest BCUT2D eigenvalue weighted by molar-refractivity contribution is 6.02. The molecule has 0 spiro atoms. The third kappa shape index (κ3) is 3.29. The van der Waals surface area contributed by atoms with E-state index < -0.39 is 6.03 Å². The van der Waals surface area contributed by atoms with Crippen LogP contribution in [0.2, 0.25) is 0 Å². The molecule has 0 unspecified atom stereocenters. The van der Waals surface area contributed by atoms with E-state index in [1.54, 1.807) is 24.3 Å². The zero-order valence-corrected chi connectivity index (χ0v) is 9.87. The number of rotatable bonds is 4. The summed E-state index contributed by atoms with van der Waals surface area (Å²) in [6.45, 7) is -0.0812. The molecule has 7 nitrogen and oxygen atoms in total. The van der Waals surface area contributed by atoms with Gasteiger partial charge in [-0.05, 0) is 29.8 Å². The van der Waals surface area contributed by atoms with Crippen LogP contribution in [0.15, 0.2) is 29.4 Å². The zero-order valence-electron chi connectivity index (χ0n) is 9.87. The quantitative estimate of drug-likeness (QED) is 0.627. The molecule has 0 aliphatic carbocycles. The molecule has 19 heavy (non-hydrogen) atoms. The van der Waals surface area contributed by atoms with E-state index in [-0.39, 0.29) is 19.1 Å². The van der Waals surface area contributed by atoms with Crippen molar-refractivity contribution in [2.75, 3.05) is 13.2 Å². The fourth-order valence-electron chi connectivity index (χ4n) is 1.43. The Morgan fingerprint density at radius 3 is 2.74 bits per heavy atom. The van der Waals surface area contributed by atoms with Gasteiger partial charge in [-0.15, -0.1) is 0 Å². The van der Waals surface area contributed by atoms with Gasteiger partial charge in [-0.25, -0.2) is 9.80 Å². The number of nitrogens with zero attached hydrogens (tertiary/aromatic N) is 3. The molecule has 0 aromatic heterocycles. The molecule has 0 bridgehead atoms. The summed E-state index contributed by atoms with van der Waals surface area (Å²) < 4.78 is 5.09. The molecule has 1 aromatic rings. The Kier molecular flexibility index (Phi) is 3.73. The van der Waals surface area contributed by atoms with Crippen molar-refractivity contribution in [1.82, 2.24) is 10.3 Å². The first kappa shape index (κ1) is 12.6. The minimum Gasteiger partial charge on any atom is -0.479 e. The van der Waals surface area contributed by atoms with E-state index in [0.717, 1.165) is 10.6 Å². The number of hydrogen-bond acceptors (Lipinski definition) is 5. The first-order valence-corrected chi connectivity index (χ1v) is 5.44. The molecule has 1 aliphatic rings. The van der Waals surface area contributed by atoms with Gasteiger partial charge in [0.2, 0.25) is 5.91 Å². The van der Waals surface area contributed by atoms with E-state index in [4.69, 9.17) is 10.00 Å². The van der Waals surface area contributed by atoms with Crippen LogP contribution in [0, 0.1) is 11.3 Å². The summed E-state index contributed by atoms with van der Waals surface area (Å²) in [5.41, 5.74) is 0.747. The number of ether oxygens (including phenoxy) is 1. The largest absolute Gasteiger partial charge is 0.479 e. The number of hydrazone groups is 1. The monoisotopic (exact) mass is 258 g/mol. The van der Waals surface area contributed by atoms with Crippen molar-refractivity contribution in [3.05, 3.63) is 29.8 Å². The number of amides is 3. The maximum Gasteiger partial charge on any atom is 0.344 e. The molecule has 1 heterocycles. The lowest BCUT2D eigenvalue weighted by molar-refractivity contribution is -0.118. The second-order valence-corrected chi connectivity index (χ2v) is 3.67. The van der Waals surface area contributed by atoms with Crippen LogP contribution >= 0.6 is 0 Å². The summed E-state index contributed by atoms with van der Waals surface area (Å²) in [5.74, 6) is 0.204. The van der Waals surface area contributed by atoms with Gasteiger partial charge in [0, 0.05) is 0 Å². The summed E-state index contributed by atoms with van der Waals surface area (Å²) in [6, 6.07) is 8.17. The Balaban J connectivity index is 1.98. The lowest BCUT2D eigenvalue weighted by Crippen LogP contribution is -2.24. The third-order valence-electron chi connectivity index (χ3n) is 2.30. The lowest BCUT2D eigenvalue weighted by atomic mass is 10.2. The van der Waals surface area contributed by atoms with Crippen LogP contribution in [0.5, 0.6) is 5.75 Å². The van der Waals surface area contributed by atoms with Gasteiger partial charge in [0.1, 0.15) is 18.4 Å². The molecule has 0 radical (unpaired) electrons. The Bertz CT molecular complexity index is 559. The van der Waals surface area contributed by atoms with Crippen molar-refractivity contribution in [2.45, 2.75) is 0 Å². The molecular formula is C12H10N4O3. The van der Waals surface area contributed by atoms with Crippen LogP contribution < -0.4 is 10.1 Å². The van der Waals surface area contributed by atoms with Gasteiger partial charge in [-0.2, -0.15) is 10.4 Å². The molecule has 1 fully saturated rings. The van der Waals surface area contributed by atoms with Gasteiger partial charge in [-0.3, -0.25) is 10.1 Å². The average Bonchev–Trinajstić information content (AvgIpc) is 2.73. The lowest BCUT2D eigenvalue weighted by Gasteiger charge is -2.04. The van der Waals surface area contributed by atoms with Crippen LogP contribution in [-0.4, -0.2) is 36.3 Å². The Morgan fingerprint density at radius 2 is 2.16 bits per heavy atom. The Hall–Kier alpha value is -2.88. The second-order valence-electron chi connectivity index (χ2n) is 3.67. The highest BCUT2D eigenvalue weighted by Gasteiger charge is 2.25. The predicted molar refractivity (Wildman–Crippen MR) is 65.4 cm³/mol. The number of nitrogens with one attached hydrogen (secondary N) is 1. The molecule has 7 heteroatoms. The van der Waals surface area contributed by atoms with Gasteiger partial charge in [0.25, 0.3) is 0 Å². The van der Waals surface area contributed by atoms with Gasteiger partial charge >= 0.3 is 6.03 Å². The molecule has 0 atom stereocenters. The molecule has 1 N–H and O–H groups in total. The van der Waals surface area contributed by atoms with Crippen molar-refractivity contribution in [3.8, 4) is 11.8 Å². The molecule has 1 saturated heterocycles. The minimum atomic E-state index is -0.532. The molecule has 2 rings (SSSR count). The molecular weight excluding hydrogens is 248 g/mol. The van der Waals surface area contributed by atoms with Crippen molar-refractivity contribution < 1.29 is 14.3 Å². The maximum atomic E-state index is 11.2. The Labute approximate surface area is 109 Å². The first-order valence-electron chi connectivity index (χ1n) is 5.44. The van der Waals surface area contributed by atoms with E-state index in [2.05, 4.69) is 10.4 Å². The van der Waals surface area contributed by atoms with Crippen LogP contribution in [0.4, 0.5) is 4.79 Å². The van der Waals surface area contributed by atoms with Gasteiger partial charge in [0.15, 0.2) is 6.61 Å². The molecule has 3 amide bonds. The number of hydrogen-bond donors (Lipinski definition) is 1. The number of benzene rings is 1. The van der Waals surface area contributed by atoms with Crippen molar-refractivity contribution >= 4 is 18.2 Å². The maximum absolute atomic E-state index is 11.2. The smallest absolute Gasteiger partial charge is 0.344 e. The van der Waals surface area contributed by atoms with E-state index in [9.17, 15) is 9.59 Å². The Morgan fingerprint density at radius 1 is 1.42 bits per heavy atom. The number of nitriles is 1. The van der Waals surface area contributed by atoms with Crippen LogP contribution in [0.25, 0.3) is 0 Å². The summed E-state index contributed by atoms with van der Waals surface area (Å²) >= 11 is 0. The van der Waals surface area contributed by atoms with Crippen LogP contribution in [0.1, 0.15) is 5.56 Å². The van der Waals surface area contributed by atoms with Gasteiger partial charge in [-0.1, -0.05) is 0 Å². The van der Waals surface area contributed by atoms with E-state index in [1.807, 2.05) is 6.07 Å². The number of carbonyl (C=O) groups is 2. The predicted octanol–water partition coefficient (Wildman–Crippen LogP) is 0.475. The SMILES string of the molecule is N#CCOc1ccc(/C=N\N2CC(=O)NC2=O)cc1. The standard InChI is InChI=1S/C12H10N4O3/c13-5-6-19-10-3-1-9(2-4-10)7-14-16-8-11(17)15-12(16)18/h1-4,7H,6,8H2,(H,15,17,18)/b14-7-. The topological polar surface area (TPSA) is 94.8 Å². The first-order chi connectivity index (χ1) is 9.19. The minimum absolute atomic E-state index is 0.0104. The fraction of sp³-hybridized carbons (Fsp3) is 0.167. The third-order valence-corrected chi connectivity index (χ3v) is 2.30. The van der Waals surface area contributed by atoms with Crippen LogP contribution in [-0.2, 0) is 4.79 Å². The fourth-order valence-corrected chi connectivity index (χ4v) is 1.43. The van der Waals surface area contributed by atoms with E-state index in [1.165, 1.54) is 6.21 Å². The average molecular weight is 258 g/mol. The molecule has 1 aliphatic heterocycles. The summed E-state index contributed by atoms with van der Waals surface area (Å²) in [4.78, 5) is 22.1. The van der Waals surface area contributed by atoms with Gasteiger partial charge < -0.3 is 4.74 Å². The molecule has 96 valence electrons. The molecule has 1 aromatic carbocycles. The van der Waals surface area contributed by atoms with Gasteiger partial charge in [0.05, 0.1) is 6.21 Å². The highest BCUT2D eigenvalue weighted by atomic mass is 16.5. The van der Waals surface area contributed by atoms with E-state index in [0.29, 0.717) is 5.75 Å². The summed E-state index contributed by atoms with van der Waals surface area (Å²) in [5, 5.41) is 15.4. The number of imide groups is 1. The van der Waals surface area contributed by atoms with Crippen molar-refractivity contribution in [1.29, 1.82) is 5.26 Å². The van der Waals surface area contributed by atoms with Crippen molar-refractivity contribution in [3.63, 3.8) is 0 Å². The van der Waals surface area contributed by atoms with E-state index >= 15 is 0 Å². The zero-order chi connectivity index (χ0) is 13.7. The molecule has 0 saturated carbocycles.